The molecule has 4 rings (SSSR count). The molecule has 2 N–H and O–H groups in total. The van der Waals surface area contributed by atoms with Gasteiger partial charge in [-0.05, 0) is 23.8 Å². The van der Waals surface area contributed by atoms with E-state index in [0.717, 1.165) is 0 Å². The highest BCUT2D eigenvalue weighted by molar-refractivity contribution is 5.98. The van der Waals surface area contributed by atoms with Crippen LogP contribution in [0.15, 0.2) is 51.9 Å². The van der Waals surface area contributed by atoms with Crippen LogP contribution in [-0.4, -0.2) is 18.9 Å². The minimum absolute atomic E-state index is 0.0991. The third-order valence-electron chi connectivity index (χ3n) is 4.80. The van der Waals surface area contributed by atoms with Crippen LogP contribution < -0.4 is 20.8 Å². The molecule has 7 heteroatoms. The maximum atomic E-state index is 13.0. The number of carbonyl (C=O) groups excluding carboxylic acids is 2. The Kier molecular flexibility index (Phi) is 4.35. The number of hydrogen-bond donors (Lipinski definition) is 2. The number of ether oxygens (including phenoxy) is 1. The van der Waals surface area contributed by atoms with E-state index in [2.05, 4.69) is 10.6 Å². The topological polar surface area (TPSA) is 97.6 Å². The SMILES string of the molecule is COc1cc2c(cc1NC(C)=O)[C@H](c1coc3ccccc3c1=O)CC(=O)N2. The van der Waals surface area contributed by atoms with Crippen LogP contribution in [0.5, 0.6) is 5.75 Å². The van der Waals surface area contributed by atoms with E-state index in [1.54, 1.807) is 36.4 Å². The van der Waals surface area contributed by atoms with Crippen LogP contribution in [0.2, 0.25) is 0 Å². The average molecular weight is 378 g/mol. The second-order valence-electron chi connectivity index (χ2n) is 6.64. The number of para-hydroxylation sites is 1. The molecule has 2 amide bonds. The van der Waals surface area contributed by atoms with Crippen molar-refractivity contribution < 1.29 is 18.7 Å². The Morgan fingerprint density at radius 2 is 2.00 bits per heavy atom. The maximum Gasteiger partial charge on any atom is 0.225 e. The van der Waals surface area contributed by atoms with Crippen molar-refractivity contribution in [3.63, 3.8) is 0 Å². The van der Waals surface area contributed by atoms with Gasteiger partial charge < -0.3 is 19.8 Å². The summed E-state index contributed by atoms with van der Waals surface area (Å²) in [6.07, 6.45) is 1.52. The quantitative estimate of drug-likeness (QED) is 0.729. The van der Waals surface area contributed by atoms with Crippen molar-refractivity contribution in [3.05, 3.63) is 64.0 Å². The summed E-state index contributed by atoms with van der Waals surface area (Å²) in [5.41, 5.74) is 2.44. The Labute approximate surface area is 160 Å². The molecule has 2 heterocycles. The molecule has 2 aromatic carbocycles. The fraction of sp³-hybridized carbons (Fsp3) is 0.190. The van der Waals surface area contributed by atoms with Crippen molar-refractivity contribution in [2.45, 2.75) is 19.3 Å². The van der Waals surface area contributed by atoms with Crippen molar-refractivity contribution in [1.29, 1.82) is 0 Å². The summed E-state index contributed by atoms with van der Waals surface area (Å²) in [7, 11) is 1.48. The molecule has 142 valence electrons. The van der Waals surface area contributed by atoms with Crippen LogP contribution in [0, 0.1) is 0 Å². The first-order chi connectivity index (χ1) is 13.5. The molecule has 1 atom stereocenters. The summed E-state index contributed by atoms with van der Waals surface area (Å²) in [5.74, 6) is -0.539. The van der Waals surface area contributed by atoms with Crippen molar-refractivity contribution in [2.75, 3.05) is 17.7 Å². The van der Waals surface area contributed by atoms with Gasteiger partial charge in [0.2, 0.25) is 11.8 Å². The number of fused-ring (bicyclic) bond motifs is 2. The van der Waals surface area contributed by atoms with Crippen molar-refractivity contribution >= 4 is 34.2 Å². The van der Waals surface area contributed by atoms with E-state index in [9.17, 15) is 14.4 Å². The van der Waals surface area contributed by atoms with Crippen LogP contribution in [0.1, 0.15) is 30.4 Å². The Morgan fingerprint density at radius 3 is 2.75 bits per heavy atom. The number of methoxy groups -OCH3 is 1. The van der Waals surface area contributed by atoms with E-state index >= 15 is 0 Å². The van der Waals surface area contributed by atoms with Crippen LogP contribution in [0.4, 0.5) is 11.4 Å². The van der Waals surface area contributed by atoms with Gasteiger partial charge in [-0.15, -0.1) is 0 Å². The summed E-state index contributed by atoms with van der Waals surface area (Å²) in [6.45, 7) is 1.40. The summed E-state index contributed by atoms with van der Waals surface area (Å²) in [4.78, 5) is 36.9. The van der Waals surface area contributed by atoms with Gasteiger partial charge in [0, 0.05) is 36.6 Å². The summed E-state index contributed by atoms with van der Waals surface area (Å²) < 4.78 is 11.0. The number of rotatable bonds is 3. The van der Waals surface area contributed by atoms with Gasteiger partial charge in [0.15, 0.2) is 5.43 Å². The smallest absolute Gasteiger partial charge is 0.225 e. The van der Waals surface area contributed by atoms with E-state index in [-0.39, 0.29) is 23.7 Å². The summed E-state index contributed by atoms with van der Waals surface area (Å²) >= 11 is 0. The Hall–Kier alpha value is -3.61. The molecule has 0 bridgehead atoms. The average Bonchev–Trinajstić information content (AvgIpc) is 2.67. The van der Waals surface area contributed by atoms with Crippen molar-refractivity contribution in [1.82, 2.24) is 0 Å². The molecule has 0 saturated heterocycles. The third kappa shape index (κ3) is 3.00. The maximum absolute atomic E-state index is 13.0. The first-order valence-corrected chi connectivity index (χ1v) is 8.77. The molecular formula is C21H18N2O5. The molecule has 1 aliphatic rings. The van der Waals surface area contributed by atoms with E-state index in [4.69, 9.17) is 9.15 Å². The molecule has 3 aromatic rings. The highest BCUT2D eigenvalue weighted by atomic mass is 16.5. The van der Waals surface area contributed by atoms with Gasteiger partial charge in [0.25, 0.3) is 0 Å². The molecule has 0 fully saturated rings. The molecule has 1 aliphatic heterocycles. The zero-order chi connectivity index (χ0) is 19.8. The monoisotopic (exact) mass is 378 g/mol. The number of benzene rings is 2. The highest BCUT2D eigenvalue weighted by Crippen LogP contribution is 2.41. The van der Waals surface area contributed by atoms with E-state index in [1.165, 1.54) is 20.3 Å². The van der Waals surface area contributed by atoms with Gasteiger partial charge in [-0.3, -0.25) is 14.4 Å². The van der Waals surface area contributed by atoms with Gasteiger partial charge in [-0.25, -0.2) is 0 Å². The first kappa shape index (κ1) is 17.8. The molecule has 0 unspecified atom stereocenters. The van der Waals surface area contributed by atoms with Crippen molar-refractivity contribution in [2.24, 2.45) is 0 Å². The number of nitrogens with one attached hydrogen (secondary N) is 2. The lowest BCUT2D eigenvalue weighted by atomic mass is 9.84. The lowest BCUT2D eigenvalue weighted by molar-refractivity contribution is -0.117. The number of amides is 2. The van der Waals surface area contributed by atoms with Crippen LogP contribution in [0.3, 0.4) is 0 Å². The Bertz CT molecular complexity index is 1170. The molecule has 7 nitrogen and oxygen atoms in total. The molecule has 0 saturated carbocycles. The Morgan fingerprint density at radius 1 is 1.21 bits per heavy atom. The molecule has 0 aliphatic carbocycles. The van der Waals surface area contributed by atoms with Crippen molar-refractivity contribution in [3.8, 4) is 5.75 Å². The van der Waals surface area contributed by atoms with E-state index < -0.39 is 5.92 Å². The minimum Gasteiger partial charge on any atom is -0.494 e. The van der Waals surface area contributed by atoms with Crippen LogP contribution in [0.25, 0.3) is 11.0 Å². The predicted molar refractivity (Wildman–Crippen MR) is 105 cm³/mol. The fourth-order valence-corrected chi connectivity index (χ4v) is 3.56. The molecular weight excluding hydrogens is 360 g/mol. The number of hydrogen-bond acceptors (Lipinski definition) is 5. The lowest BCUT2D eigenvalue weighted by Crippen LogP contribution is -2.27. The molecule has 28 heavy (non-hydrogen) atoms. The number of carbonyl (C=O) groups is 2. The van der Waals surface area contributed by atoms with Crippen LogP contribution >= 0.6 is 0 Å². The van der Waals surface area contributed by atoms with Gasteiger partial charge in [0.05, 0.1) is 24.4 Å². The second-order valence-corrected chi connectivity index (χ2v) is 6.64. The highest BCUT2D eigenvalue weighted by Gasteiger charge is 2.30. The molecule has 0 spiro atoms. The summed E-state index contributed by atoms with van der Waals surface area (Å²) in [6, 6.07) is 10.4. The molecule has 1 aromatic heterocycles. The largest absolute Gasteiger partial charge is 0.494 e. The minimum atomic E-state index is -0.497. The fourth-order valence-electron chi connectivity index (χ4n) is 3.56. The third-order valence-corrected chi connectivity index (χ3v) is 4.80. The lowest BCUT2D eigenvalue weighted by Gasteiger charge is -2.27. The molecule has 0 radical (unpaired) electrons. The van der Waals surface area contributed by atoms with Crippen LogP contribution in [-0.2, 0) is 9.59 Å². The van der Waals surface area contributed by atoms with Gasteiger partial charge in [-0.2, -0.15) is 0 Å². The summed E-state index contributed by atoms with van der Waals surface area (Å²) in [5, 5.41) is 5.99. The standard InChI is InChI=1S/C21H18N2O5/c1-11(24)22-17-7-14-13(8-20(25)23-16(14)9-19(17)27-2)15-10-28-18-6-4-3-5-12(18)21(15)26/h3-7,9-10,13H,8H2,1-2H3,(H,22,24)(H,23,25)/t13-/m1/s1. The van der Waals surface area contributed by atoms with Gasteiger partial charge in [-0.1, -0.05) is 12.1 Å². The Balaban J connectivity index is 1.91. The normalized spacial score (nSPS) is 15.6. The number of anilines is 2. The van der Waals surface area contributed by atoms with E-state index in [1.807, 2.05) is 0 Å². The van der Waals surface area contributed by atoms with E-state index in [0.29, 0.717) is 39.2 Å². The predicted octanol–water partition coefficient (Wildman–Crippen LogP) is 3.23. The van der Waals surface area contributed by atoms with Gasteiger partial charge in [0.1, 0.15) is 11.3 Å². The van der Waals surface area contributed by atoms with Gasteiger partial charge >= 0.3 is 0 Å². The second kappa shape index (κ2) is 6.84. The first-order valence-electron chi connectivity index (χ1n) is 8.77. The zero-order valence-electron chi connectivity index (χ0n) is 15.4. The zero-order valence-corrected chi connectivity index (χ0v) is 15.4.